The Kier molecular flexibility index (Phi) is 4.97. The summed E-state index contributed by atoms with van der Waals surface area (Å²) < 4.78 is 0.710. The van der Waals surface area contributed by atoms with Crippen LogP contribution in [0.3, 0.4) is 0 Å². The van der Waals surface area contributed by atoms with E-state index in [1.165, 1.54) is 19.3 Å². The molecule has 1 aliphatic rings. The van der Waals surface area contributed by atoms with E-state index in [9.17, 15) is 4.79 Å². The Morgan fingerprint density at radius 3 is 2.68 bits per heavy atom. The highest BCUT2D eigenvalue weighted by Crippen LogP contribution is 2.29. The molecule has 1 amide bonds. The molecule has 3 nitrogen and oxygen atoms in total. The molecular weight excluding hydrogens is 304 g/mol. The minimum atomic E-state index is 0.100. The third-order valence-electron chi connectivity index (χ3n) is 4.24. The van der Waals surface area contributed by atoms with Crippen molar-refractivity contribution in [2.24, 2.45) is 5.92 Å². The molecule has 1 saturated carbocycles. The van der Waals surface area contributed by atoms with Gasteiger partial charge in [0.05, 0.1) is 0 Å². The Morgan fingerprint density at radius 1 is 1.42 bits per heavy atom. The van der Waals surface area contributed by atoms with E-state index < -0.39 is 0 Å². The number of carbonyl (C=O) groups is 1. The van der Waals surface area contributed by atoms with Crippen LogP contribution < -0.4 is 0 Å². The molecule has 0 atom stereocenters. The first-order valence-corrected chi connectivity index (χ1v) is 7.79. The summed E-state index contributed by atoms with van der Waals surface area (Å²) in [4.78, 5) is 18.4. The molecule has 0 N–H and O–H groups in total. The van der Waals surface area contributed by atoms with Crippen LogP contribution in [0.1, 0.15) is 49.4 Å². The highest BCUT2D eigenvalue weighted by atomic mass is 79.9. The minimum Gasteiger partial charge on any atom is -0.339 e. The second-order valence-electron chi connectivity index (χ2n) is 5.37. The van der Waals surface area contributed by atoms with Gasteiger partial charge in [-0.25, -0.2) is 4.98 Å². The number of halogens is 1. The molecule has 0 unspecified atom stereocenters. The number of nitrogens with zero attached hydrogens (tertiary/aromatic N) is 2. The number of pyridine rings is 1. The van der Waals surface area contributed by atoms with Gasteiger partial charge < -0.3 is 4.90 Å². The molecule has 0 bridgehead atoms. The summed E-state index contributed by atoms with van der Waals surface area (Å²) in [6.45, 7) is 2.26. The van der Waals surface area contributed by atoms with Gasteiger partial charge in [0.1, 0.15) is 4.60 Å². The van der Waals surface area contributed by atoms with E-state index in [1.54, 1.807) is 18.3 Å². The van der Waals surface area contributed by atoms with Crippen molar-refractivity contribution in [3.63, 3.8) is 0 Å². The lowest BCUT2D eigenvalue weighted by atomic mass is 9.84. The number of amides is 1. The first-order valence-electron chi connectivity index (χ1n) is 7.00. The second-order valence-corrected chi connectivity index (χ2v) is 6.18. The lowest BCUT2D eigenvalue weighted by Gasteiger charge is -2.34. The highest BCUT2D eigenvalue weighted by Gasteiger charge is 2.26. The molecule has 19 heavy (non-hydrogen) atoms. The number of hydrogen-bond donors (Lipinski definition) is 0. The zero-order valence-corrected chi connectivity index (χ0v) is 13.2. The Bertz CT molecular complexity index is 442. The number of carbonyl (C=O) groups excluding carboxylic acids is 1. The first-order chi connectivity index (χ1) is 9.11. The van der Waals surface area contributed by atoms with Gasteiger partial charge in [0.25, 0.3) is 5.91 Å². The van der Waals surface area contributed by atoms with Crippen LogP contribution in [0.25, 0.3) is 0 Å². The summed E-state index contributed by atoms with van der Waals surface area (Å²) in [7, 11) is 1.92. The van der Waals surface area contributed by atoms with Crippen LogP contribution >= 0.6 is 15.9 Å². The van der Waals surface area contributed by atoms with Gasteiger partial charge in [-0.3, -0.25) is 4.79 Å². The molecule has 4 heteroatoms. The Morgan fingerprint density at radius 2 is 2.11 bits per heavy atom. The Labute approximate surface area is 123 Å². The van der Waals surface area contributed by atoms with Crippen LogP contribution in [0.15, 0.2) is 22.9 Å². The molecule has 0 saturated heterocycles. The fourth-order valence-electron chi connectivity index (χ4n) is 2.85. The summed E-state index contributed by atoms with van der Waals surface area (Å²) in [6, 6.07) is 3.96. The van der Waals surface area contributed by atoms with Crippen molar-refractivity contribution in [3.05, 3.63) is 28.5 Å². The van der Waals surface area contributed by atoms with Crippen LogP contribution in [-0.2, 0) is 0 Å². The van der Waals surface area contributed by atoms with Crippen molar-refractivity contribution in [3.8, 4) is 0 Å². The highest BCUT2D eigenvalue weighted by molar-refractivity contribution is 9.10. The molecule has 1 aromatic rings. The predicted molar refractivity (Wildman–Crippen MR) is 80.1 cm³/mol. The smallest absolute Gasteiger partial charge is 0.253 e. The lowest BCUT2D eigenvalue weighted by molar-refractivity contribution is 0.0674. The number of hydrogen-bond acceptors (Lipinski definition) is 2. The Hall–Kier alpha value is -0.900. The summed E-state index contributed by atoms with van der Waals surface area (Å²) >= 11 is 3.31. The van der Waals surface area contributed by atoms with Gasteiger partial charge in [-0.1, -0.05) is 13.3 Å². The molecule has 1 fully saturated rings. The van der Waals surface area contributed by atoms with Gasteiger partial charge >= 0.3 is 0 Å². The van der Waals surface area contributed by atoms with E-state index in [-0.39, 0.29) is 5.91 Å². The summed E-state index contributed by atoms with van der Waals surface area (Å²) in [5.74, 6) is 0.956. The van der Waals surface area contributed by atoms with E-state index in [0.29, 0.717) is 16.2 Å². The number of aromatic nitrogens is 1. The number of rotatable bonds is 3. The SMILES string of the molecule is CCC1CCC(N(C)C(=O)c2ccnc(Br)c2)CC1. The first kappa shape index (κ1) is 14.5. The second kappa shape index (κ2) is 6.51. The fraction of sp³-hybridized carbons (Fsp3) is 0.600. The zero-order valence-electron chi connectivity index (χ0n) is 11.6. The Balaban J connectivity index is 2.00. The predicted octanol–water partition coefficient (Wildman–Crippen LogP) is 3.88. The van der Waals surface area contributed by atoms with Crippen LogP contribution in [0, 0.1) is 5.92 Å². The average Bonchev–Trinajstić information content (AvgIpc) is 2.46. The van der Waals surface area contributed by atoms with Gasteiger partial charge in [-0.2, -0.15) is 0 Å². The summed E-state index contributed by atoms with van der Waals surface area (Å²) in [5.41, 5.74) is 0.710. The van der Waals surface area contributed by atoms with E-state index in [0.717, 1.165) is 18.8 Å². The zero-order chi connectivity index (χ0) is 13.8. The van der Waals surface area contributed by atoms with E-state index in [4.69, 9.17) is 0 Å². The van der Waals surface area contributed by atoms with Crippen LogP contribution in [0.5, 0.6) is 0 Å². The molecule has 2 rings (SSSR count). The van der Waals surface area contributed by atoms with E-state index in [2.05, 4.69) is 27.8 Å². The molecule has 0 spiro atoms. The molecule has 1 heterocycles. The van der Waals surface area contributed by atoms with Crippen molar-refractivity contribution in [1.82, 2.24) is 9.88 Å². The van der Waals surface area contributed by atoms with Gasteiger partial charge in [0, 0.05) is 24.8 Å². The minimum absolute atomic E-state index is 0.100. The van der Waals surface area contributed by atoms with Crippen molar-refractivity contribution in [2.45, 2.75) is 45.1 Å². The quantitative estimate of drug-likeness (QED) is 0.790. The molecule has 0 radical (unpaired) electrons. The topological polar surface area (TPSA) is 33.2 Å². The fourth-order valence-corrected chi connectivity index (χ4v) is 3.21. The van der Waals surface area contributed by atoms with Crippen molar-refractivity contribution in [1.29, 1.82) is 0 Å². The maximum Gasteiger partial charge on any atom is 0.253 e. The average molecular weight is 325 g/mol. The van der Waals surface area contributed by atoms with Crippen LogP contribution in [-0.4, -0.2) is 28.9 Å². The van der Waals surface area contributed by atoms with Gasteiger partial charge in [0.15, 0.2) is 0 Å². The molecule has 104 valence electrons. The van der Waals surface area contributed by atoms with E-state index >= 15 is 0 Å². The summed E-state index contributed by atoms with van der Waals surface area (Å²) in [5, 5.41) is 0. The normalized spacial score (nSPS) is 23.1. The van der Waals surface area contributed by atoms with Crippen molar-refractivity contribution >= 4 is 21.8 Å². The van der Waals surface area contributed by atoms with Gasteiger partial charge in [-0.15, -0.1) is 0 Å². The van der Waals surface area contributed by atoms with E-state index in [1.807, 2.05) is 11.9 Å². The maximum atomic E-state index is 12.4. The molecule has 1 aromatic heterocycles. The largest absolute Gasteiger partial charge is 0.339 e. The lowest BCUT2D eigenvalue weighted by Crippen LogP contribution is -2.39. The van der Waals surface area contributed by atoms with Crippen LogP contribution in [0.2, 0.25) is 0 Å². The third-order valence-corrected chi connectivity index (χ3v) is 4.67. The monoisotopic (exact) mass is 324 g/mol. The summed E-state index contributed by atoms with van der Waals surface area (Å²) in [6.07, 6.45) is 7.69. The molecule has 0 aromatic carbocycles. The van der Waals surface area contributed by atoms with Gasteiger partial charge in [-0.05, 0) is 59.7 Å². The molecular formula is C15H21BrN2O. The van der Waals surface area contributed by atoms with Crippen molar-refractivity contribution in [2.75, 3.05) is 7.05 Å². The standard InChI is InChI=1S/C15H21BrN2O/c1-3-11-4-6-13(7-5-11)18(2)15(19)12-8-9-17-14(16)10-12/h8-11,13H,3-7H2,1-2H3. The van der Waals surface area contributed by atoms with Crippen LogP contribution in [0.4, 0.5) is 0 Å². The maximum absolute atomic E-state index is 12.4. The molecule has 1 aliphatic carbocycles. The van der Waals surface area contributed by atoms with Gasteiger partial charge in [0.2, 0.25) is 0 Å². The van der Waals surface area contributed by atoms with Crippen molar-refractivity contribution < 1.29 is 4.79 Å². The third kappa shape index (κ3) is 3.56. The molecule has 0 aliphatic heterocycles.